The molecule has 0 radical (unpaired) electrons. The fourth-order valence-electron chi connectivity index (χ4n) is 2.37. The van der Waals surface area contributed by atoms with Gasteiger partial charge in [-0.25, -0.2) is 5.43 Å². The van der Waals surface area contributed by atoms with Gasteiger partial charge in [0.1, 0.15) is 5.75 Å². The molecule has 0 spiro atoms. The third-order valence-corrected chi connectivity index (χ3v) is 5.23. The van der Waals surface area contributed by atoms with Gasteiger partial charge in [0.05, 0.1) is 37.7 Å². The van der Waals surface area contributed by atoms with Crippen LogP contribution in [0.1, 0.15) is 15.9 Å². The van der Waals surface area contributed by atoms with Gasteiger partial charge < -0.3 is 24.6 Å². The maximum atomic E-state index is 12.4. The quantitative estimate of drug-likeness (QED) is 0.232. The fourth-order valence-corrected chi connectivity index (χ4v) is 4.26. The van der Waals surface area contributed by atoms with Gasteiger partial charge in [-0.2, -0.15) is 5.10 Å². The van der Waals surface area contributed by atoms with E-state index < -0.39 is 11.8 Å². The summed E-state index contributed by atoms with van der Waals surface area (Å²) in [6.45, 7) is -0.303. The molecule has 3 N–H and O–H groups in total. The largest absolute Gasteiger partial charge is 0.506 e. The lowest BCUT2D eigenvalue weighted by Gasteiger charge is -2.14. The minimum absolute atomic E-state index is 0.0738. The summed E-state index contributed by atoms with van der Waals surface area (Å²) in [4.78, 5) is 24.3. The van der Waals surface area contributed by atoms with E-state index in [0.29, 0.717) is 26.4 Å². The van der Waals surface area contributed by atoms with Crippen LogP contribution in [0.4, 0.5) is 0 Å². The monoisotopic (exact) mass is 639 g/mol. The predicted molar refractivity (Wildman–Crippen MR) is 128 cm³/mol. The molecule has 0 aromatic heterocycles. The highest BCUT2D eigenvalue weighted by Gasteiger charge is 2.17. The maximum Gasteiger partial charge on any atom is 0.259 e. The number of rotatable bonds is 8. The molecule has 160 valence electrons. The van der Waals surface area contributed by atoms with Crippen LogP contribution in [0.25, 0.3) is 0 Å². The van der Waals surface area contributed by atoms with Crippen LogP contribution < -0.4 is 25.0 Å². The first kappa shape index (κ1) is 24.0. The van der Waals surface area contributed by atoms with E-state index >= 15 is 0 Å². The van der Waals surface area contributed by atoms with Gasteiger partial charge in [-0.05, 0) is 69.4 Å². The van der Waals surface area contributed by atoms with Crippen molar-refractivity contribution in [3.8, 4) is 23.0 Å². The number of hydrogen-bond donors (Lipinski definition) is 3. The number of ether oxygens (including phenoxy) is 3. The number of phenolic OH excluding ortho intramolecular Hbond substituents is 1. The number of carbonyl (C=O) groups excluding carboxylic acids is 2. The smallest absolute Gasteiger partial charge is 0.259 e. The van der Waals surface area contributed by atoms with E-state index in [4.69, 9.17) is 14.2 Å². The number of phenols is 1. The Labute approximate surface area is 200 Å². The highest BCUT2D eigenvalue weighted by molar-refractivity contribution is 14.1. The summed E-state index contributed by atoms with van der Waals surface area (Å²) in [7, 11) is 4.34. The van der Waals surface area contributed by atoms with Gasteiger partial charge in [-0.1, -0.05) is 0 Å². The Balaban J connectivity index is 1.99. The van der Waals surface area contributed by atoms with Crippen molar-refractivity contribution in [2.45, 2.75) is 0 Å². The van der Waals surface area contributed by atoms with E-state index in [2.05, 4.69) is 38.4 Å². The Morgan fingerprint density at radius 1 is 1.07 bits per heavy atom. The number of amides is 2. The standard InChI is InChI=1S/C19H19I2N3O6/c1-28-14-5-10(6-15(29-2)18(14)30-3)19(27)22-9-16(25)24-23-8-11-4-12(20)7-13(21)17(11)26/h4-8,26H,9H2,1-3H3,(H,22,27)(H,24,25). The second-order valence-corrected chi connectivity index (χ2v) is 8.12. The highest BCUT2D eigenvalue weighted by Crippen LogP contribution is 2.38. The van der Waals surface area contributed by atoms with Crippen LogP contribution >= 0.6 is 45.2 Å². The zero-order valence-corrected chi connectivity index (χ0v) is 20.6. The maximum absolute atomic E-state index is 12.4. The van der Waals surface area contributed by atoms with Gasteiger partial charge in [0, 0.05) is 14.7 Å². The second kappa shape index (κ2) is 11.2. The first-order chi connectivity index (χ1) is 14.3. The number of benzene rings is 2. The number of methoxy groups -OCH3 is 3. The van der Waals surface area contributed by atoms with Crippen molar-refractivity contribution in [3.05, 3.63) is 42.5 Å². The molecule has 0 unspecified atom stereocenters. The number of hydrogen-bond acceptors (Lipinski definition) is 7. The molecule has 0 saturated carbocycles. The van der Waals surface area contributed by atoms with Crippen molar-refractivity contribution in [2.24, 2.45) is 5.10 Å². The molecule has 9 nitrogen and oxygen atoms in total. The molecule has 0 aliphatic carbocycles. The van der Waals surface area contributed by atoms with Crippen LogP contribution in [-0.4, -0.2) is 51.0 Å². The molecule has 0 bridgehead atoms. The highest BCUT2D eigenvalue weighted by atomic mass is 127. The first-order valence-electron chi connectivity index (χ1n) is 8.38. The topological polar surface area (TPSA) is 118 Å². The number of aromatic hydroxyl groups is 1. The van der Waals surface area contributed by atoms with Gasteiger partial charge in [0.25, 0.3) is 11.8 Å². The summed E-state index contributed by atoms with van der Waals surface area (Å²) in [5.41, 5.74) is 3.00. The van der Waals surface area contributed by atoms with Crippen LogP contribution in [0.2, 0.25) is 0 Å². The minimum atomic E-state index is -0.535. The molecule has 30 heavy (non-hydrogen) atoms. The lowest BCUT2D eigenvalue weighted by molar-refractivity contribution is -0.120. The van der Waals surface area contributed by atoms with Gasteiger partial charge in [-0.3, -0.25) is 9.59 Å². The fraction of sp³-hybridized carbons (Fsp3) is 0.211. The summed E-state index contributed by atoms with van der Waals surface area (Å²) in [5.74, 6) is 0.0397. The number of hydrazone groups is 1. The first-order valence-corrected chi connectivity index (χ1v) is 10.5. The Morgan fingerprint density at radius 3 is 2.27 bits per heavy atom. The van der Waals surface area contributed by atoms with E-state index in [9.17, 15) is 14.7 Å². The van der Waals surface area contributed by atoms with Crippen LogP contribution in [0, 0.1) is 7.14 Å². The van der Waals surface area contributed by atoms with Crippen molar-refractivity contribution in [2.75, 3.05) is 27.9 Å². The Morgan fingerprint density at radius 2 is 1.70 bits per heavy atom. The second-order valence-electron chi connectivity index (χ2n) is 5.72. The van der Waals surface area contributed by atoms with Gasteiger partial charge in [0.15, 0.2) is 11.5 Å². The molecular formula is C19H19I2N3O6. The molecule has 2 aromatic rings. The van der Waals surface area contributed by atoms with E-state index in [1.807, 2.05) is 28.7 Å². The molecule has 2 amide bonds. The summed E-state index contributed by atoms with van der Waals surface area (Å²) in [6, 6.07) is 6.49. The molecule has 0 atom stereocenters. The van der Waals surface area contributed by atoms with E-state index in [-0.39, 0.29) is 17.9 Å². The zero-order chi connectivity index (χ0) is 22.3. The van der Waals surface area contributed by atoms with Crippen molar-refractivity contribution < 1.29 is 28.9 Å². The molecule has 0 heterocycles. The van der Waals surface area contributed by atoms with Crippen LogP contribution in [0.15, 0.2) is 29.4 Å². The molecular weight excluding hydrogens is 620 g/mol. The van der Waals surface area contributed by atoms with Crippen molar-refractivity contribution in [1.82, 2.24) is 10.7 Å². The number of carbonyl (C=O) groups is 2. The van der Waals surface area contributed by atoms with Crippen molar-refractivity contribution in [3.63, 3.8) is 0 Å². The Hall–Kier alpha value is -2.29. The van der Waals surface area contributed by atoms with Crippen molar-refractivity contribution in [1.29, 1.82) is 0 Å². The lowest BCUT2D eigenvalue weighted by Crippen LogP contribution is -2.35. The van der Waals surface area contributed by atoms with Gasteiger partial charge in [0.2, 0.25) is 5.75 Å². The normalized spacial score (nSPS) is 10.6. The van der Waals surface area contributed by atoms with E-state index in [1.54, 1.807) is 6.07 Å². The average molecular weight is 639 g/mol. The molecule has 11 heteroatoms. The average Bonchev–Trinajstić information content (AvgIpc) is 2.73. The van der Waals surface area contributed by atoms with E-state index in [0.717, 1.165) is 3.57 Å². The van der Waals surface area contributed by atoms with Crippen LogP contribution in [0.3, 0.4) is 0 Å². The Bertz CT molecular complexity index is 956. The van der Waals surface area contributed by atoms with Crippen molar-refractivity contribution >= 4 is 63.2 Å². The zero-order valence-electron chi connectivity index (χ0n) is 16.3. The van der Waals surface area contributed by atoms with Crippen LogP contribution in [-0.2, 0) is 4.79 Å². The molecule has 2 aromatic carbocycles. The lowest BCUT2D eigenvalue weighted by atomic mass is 10.1. The summed E-state index contributed by atoms with van der Waals surface area (Å²) in [6.07, 6.45) is 1.33. The summed E-state index contributed by atoms with van der Waals surface area (Å²) in [5, 5.41) is 16.3. The third-order valence-electron chi connectivity index (χ3n) is 3.79. The number of halogens is 2. The number of nitrogens with one attached hydrogen (secondary N) is 2. The SMILES string of the molecule is COc1cc(C(=O)NCC(=O)NN=Cc2cc(I)cc(I)c2O)cc(OC)c1OC. The van der Waals surface area contributed by atoms with E-state index in [1.165, 1.54) is 39.7 Å². The molecule has 0 fully saturated rings. The summed E-state index contributed by atoms with van der Waals surface area (Å²) < 4.78 is 17.2. The minimum Gasteiger partial charge on any atom is -0.506 e. The van der Waals surface area contributed by atoms with Crippen LogP contribution in [0.5, 0.6) is 23.0 Å². The number of nitrogens with zero attached hydrogens (tertiary/aromatic N) is 1. The Kier molecular flexibility index (Phi) is 8.95. The molecule has 0 aliphatic rings. The molecule has 2 rings (SSSR count). The predicted octanol–water partition coefficient (Wildman–Crippen LogP) is 2.51. The summed E-state index contributed by atoms with van der Waals surface area (Å²) >= 11 is 4.12. The molecule has 0 aliphatic heterocycles. The van der Waals surface area contributed by atoms with Gasteiger partial charge in [-0.15, -0.1) is 0 Å². The molecule has 0 saturated heterocycles. The third kappa shape index (κ3) is 6.10. The van der Waals surface area contributed by atoms with Gasteiger partial charge >= 0.3 is 0 Å².